The van der Waals surface area contributed by atoms with Crippen LogP contribution < -0.4 is 0 Å². The molecule has 77 heavy (non-hydrogen) atoms. The first kappa shape index (κ1) is 73.8. The minimum absolute atomic E-state index is 0.0835. The highest BCUT2D eigenvalue weighted by molar-refractivity contribution is 5.71. The van der Waals surface area contributed by atoms with Crippen LogP contribution in [0, 0.1) is 0 Å². The van der Waals surface area contributed by atoms with Crippen molar-refractivity contribution < 1.29 is 28.6 Å². The van der Waals surface area contributed by atoms with Gasteiger partial charge in [0.25, 0.3) is 0 Å². The lowest BCUT2D eigenvalue weighted by Crippen LogP contribution is -2.30. The molecule has 0 bridgehead atoms. The monoisotopic (exact) mass is 1070 g/mol. The molecule has 0 heterocycles. The maximum absolute atomic E-state index is 12.9. The number of unbranched alkanes of at least 4 members (excludes halogenated alkanes) is 38. The van der Waals surface area contributed by atoms with E-state index in [-0.39, 0.29) is 31.1 Å². The van der Waals surface area contributed by atoms with Crippen LogP contribution in [0.2, 0.25) is 0 Å². The molecular weight excluding hydrogens is 949 g/mol. The molecule has 0 aliphatic heterocycles. The molecule has 0 spiro atoms. The van der Waals surface area contributed by atoms with E-state index in [0.717, 1.165) is 96.3 Å². The molecular formula is C71H126O6. The fourth-order valence-corrected chi connectivity index (χ4v) is 9.70. The van der Waals surface area contributed by atoms with Crippen molar-refractivity contribution >= 4 is 17.9 Å². The average molecular weight is 1080 g/mol. The molecule has 0 saturated heterocycles. The first-order valence-corrected chi connectivity index (χ1v) is 33.4. The Morgan fingerprint density at radius 1 is 0.273 bits per heavy atom. The summed E-state index contributed by atoms with van der Waals surface area (Å²) in [4.78, 5) is 38.4. The summed E-state index contributed by atoms with van der Waals surface area (Å²) in [5.74, 6) is -0.900. The van der Waals surface area contributed by atoms with Crippen molar-refractivity contribution in [1.29, 1.82) is 0 Å². The Hall–Kier alpha value is -3.15. The predicted molar refractivity (Wildman–Crippen MR) is 335 cm³/mol. The van der Waals surface area contributed by atoms with E-state index in [0.29, 0.717) is 19.3 Å². The van der Waals surface area contributed by atoms with Crippen LogP contribution in [0.15, 0.2) is 72.9 Å². The number of hydrogen-bond donors (Lipinski definition) is 0. The molecule has 0 aromatic heterocycles. The third kappa shape index (κ3) is 63.6. The van der Waals surface area contributed by atoms with E-state index in [1.54, 1.807) is 0 Å². The number of allylic oxidation sites excluding steroid dienone is 12. The summed E-state index contributed by atoms with van der Waals surface area (Å²) in [5, 5.41) is 0. The Kier molecular flexibility index (Phi) is 62.7. The first-order valence-electron chi connectivity index (χ1n) is 33.4. The van der Waals surface area contributed by atoms with Gasteiger partial charge in [-0.3, -0.25) is 14.4 Å². The van der Waals surface area contributed by atoms with Gasteiger partial charge in [-0.15, -0.1) is 0 Å². The second-order valence-corrected chi connectivity index (χ2v) is 22.4. The van der Waals surface area contributed by atoms with Crippen molar-refractivity contribution in [3.05, 3.63) is 72.9 Å². The summed E-state index contributed by atoms with van der Waals surface area (Å²) < 4.78 is 17.0. The topological polar surface area (TPSA) is 78.9 Å². The van der Waals surface area contributed by atoms with Crippen molar-refractivity contribution in [2.45, 2.75) is 348 Å². The van der Waals surface area contributed by atoms with E-state index in [9.17, 15) is 14.4 Å². The fraction of sp³-hybridized carbons (Fsp3) is 0.789. The van der Waals surface area contributed by atoms with Gasteiger partial charge >= 0.3 is 17.9 Å². The molecule has 1 atom stereocenters. The van der Waals surface area contributed by atoms with E-state index < -0.39 is 6.10 Å². The van der Waals surface area contributed by atoms with Crippen molar-refractivity contribution in [2.24, 2.45) is 0 Å². The molecule has 0 saturated carbocycles. The van der Waals surface area contributed by atoms with Gasteiger partial charge in [0.15, 0.2) is 6.10 Å². The van der Waals surface area contributed by atoms with E-state index in [1.165, 1.54) is 205 Å². The maximum Gasteiger partial charge on any atom is 0.306 e. The molecule has 0 radical (unpaired) electrons. The minimum atomic E-state index is -0.791. The van der Waals surface area contributed by atoms with Gasteiger partial charge in [-0.2, -0.15) is 0 Å². The molecule has 0 amide bonds. The second kappa shape index (κ2) is 65.4. The molecule has 0 aliphatic rings. The molecule has 0 rings (SSSR count). The SMILES string of the molecule is CC/C=C\C/C=C\C/C=C\C/C=C\C/C=C\CCCCCC(=O)OC[C@H](COC(=O)CCCCCCCCCCCCCCCCCCCCCCC)OC(=O)CCCCCCCCCCC/C=C\CCCCCCCC. The molecule has 6 heteroatoms. The van der Waals surface area contributed by atoms with Gasteiger partial charge in [0.05, 0.1) is 0 Å². The Labute approximate surface area is 478 Å². The van der Waals surface area contributed by atoms with E-state index in [1.807, 2.05) is 0 Å². The van der Waals surface area contributed by atoms with Gasteiger partial charge in [-0.1, -0.05) is 306 Å². The Morgan fingerprint density at radius 3 is 0.818 bits per heavy atom. The molecule has 0 aromatic carbocycles. The van der Waals surface area contributed by atoms with Crippen LogP contribution >= 0.6 is 0 Å². The quantitative estimate of drug-likeness (QED) is 0.0261. The van der Waals surface area contributed by atoms with Crippen LogP contribution in [0.3, 0.4) is 0 Å². The highest BCUT2D eigenvalue weighted by Gasteiger charge is 2.19. The largest absolute Gasteiger partial charge is 0.462 e. The van der Waals surface area contributed by atoms with Crippen molar-refractivity contribution in [2.75, 3.05) is 13.2 Å². The van der Waals surface area contributed by atoms with Crippen molar-refractivity contribution in [3.8, 4) is 0 Å². The highest BCUT2D eigenvalue weighted by atomic mass is 16.6. The summed E-state index contributed by atoms with van der Waals surface area (Å²) >= 11 is 0. The molecule has 0 aromatic rings. The molecule has 0 fully saturated rings. The average Bonchev–Trinajstić information content (AvgIpc) is 3.43. The number of carbonyl (C=O) groups excluding carboxylic acids is 3. The van der Waals surface area contributed by atoms with Gasteiger partial charge in [0, 0.05) is 19.3 Å². The standard InChI is InChI=1S/C71H126O6/c1-4-7-10-13-16-19-22-25-28-31-34-35-38-40-43-46-49-52-55-58-61-64-70(73)76-67-68(77-71(74)65-62-59-56-53-50-47-44-41-37-33-30-27-24-21-18-15-12-9-6-3)66-75-69(72)63-60-57-54-51-48-45-42-39-36-32-29-26-23-20-17-14-11-8-5-2/h8,11,17,20,26-27,29-30,36,39,45,48,68H,4-7,9-10,12-16,18-19,21-25,28,31-35,37-38,40-44,46-47,49-67H2,1-3H3/b11-8-,20-17-,29-26-,30-27-,39-36-,48-45-/t68-/m1/s1. The van der Waals surface area contributed by atoms with Gasteiger partial charge in [-0.25, -0.2) is 0 Å². The van der Waals surface area contributed by atoms with Gasteiger partial charge in [0.2, 0.25) is 0 Å². The van der Waals surface area contributed by atoms with Crippen LogP contribution in [0.5, 0.6) is 0 Å². The molecule has 0 N–H and O–H groups in total. The number of ether oxygens (including phenoxy) is 3. The first-order chi connectivity index (χ1) is 38.0. The Balaban J connectivity index is 4.39. The van der Waals surface area contributed by atoms with E-state index in [4.69, 9.17) is 14.2 Å². The summed E-state index contributed by atoms with van der Waals surface area (Å²) in [6.45, 7) is 6.55. The third-order valence-electron chi connectivity index (χ3n) is 14.7. The normalized spacial score (nSPS) is 12.5. The number of carbonyl (C=O) groups is 3. The molecule has 0 unspecified atom stereocenters. The van der Waals surface area contributed by atoms with Gasteiger partial charge < -0.3 is 14.2 Å². The van der Waals surface area contributed by atoms with Crippen LogP contribution in [-0.4, -0.2) is 37.2 Å². The molecule has 446 valence electrons. The number of rotatable bonds is 61. The Morgan fingerprint density at radius 2 is 0.506 bits per heavy atom. The summed E-state index contributed by atoms with van der Waals surface area (Å²) in [7, 11) is 0. The summed E-state index contributed by atoms with van der Waals surface area (Å²) in [6.07, 6.45) is 84.8. The Bertz CT molecular complexity index is 1420. The van der Waals surface area contributed by atoms with Crippen molar-refractivity contribution in [3.63, 3.8) is 0 Å². The maximum atomic E-state index is 12.9. The zero-order valence-corrected chi connectivity index (χ0v) is 51.2. The minimum Gasteiger partial charge on any atom is -0.462 e. The molecule has 6 nitrogen and oxygen atoms in total. The lowest BCUT2D eigenvalue weighted by molar-refractivity contribution is -0.167. The van der Waals surface area contributed by atoms with E-state index in [2.05, 4.69) is 93.7 Å². The van der Waals surface area contributed by atoms with Crippen LogP contribution in [0.25, 0.3) is 0 Å². The zero-order valence-electron chi connectivity index (χ0n) is 51.2. The van der Waals surface area contributed by atoms with E-state index >= 15 is 0 Å². The zero-order chi connectivity index (χ0) is 55.7. The summed E-state index contributed by atoms with van der Waals surface area (Å²) in [6, 6.07) is 0. The smallest absolute Gasteiger partial charge is 0.306 e. The third-order valence-corrected chi connectivity index (χ3v) is 14.7. The fourth-order valence-electron chi connectivity index (χ4n) is 9.70. The number of esters is 3. The van der Waals surface area contributed by atoms with Gasteiger partial charge in [0.1, 0.15) is 13.2 Å². The highest BCUT2D eigenvalue weighted by Crippen LogP contribution is 2.17. The van der Waals surface area contributed by atoms with Crippen LogP contribution in [-0.2, 0) is 28.6 Å². The van der Waals surface area contributed by atoms with Gasteiger partial charge in [-0.05, 0) is 89.9 Å². The molecule has 0 aliphatic carbocycles. The predicted octanol–water partition coefficient (Wildman–Crippen LogP) is 22.9. The summed E-state index contributed by atoms with van der Waals surface area (Å²) in [5.41, 5.74) is 0. The second-order valence-electron chi connectivity index (χ2n) is 22.4. The number of hydrogen-bond acceptors (Lipinski definition) is 6. The van der Waals surface area contributed by atoms with Crippen molar-refractivity contribution in [1.82, 2.24) is 0 Å². The van der Waals surface area contributed by atoms with Crippen LogP contribution in [0.4, 0.5) is 0 Å². The lowest BCUT2D eigenvalue weighted by Gasteiger charge is -2.18. The van der Waals surface area contributed by atoms with Crippen LogP contribution in [0.1, 0.15) is 342 Å². The lowest BCUT2D eigenvalue weighted by atomic mass is 10.0.